The second-order valence-electron chi connectivity index (χ2n) is 9.60. The van der Waals surface area contributed by atoms with Gasteiger partial charge in [0.15, 0.2) is 0 Å². The molecule has 0 bridgehead atoms. The van der Waals surface area contributed by atoms with E-state index in [4.69, 9.17) is 4.74 Å². The molecule has 0 aromatic heterocycles. The Balaban J connectivity index is 2.33. The van der Waals surface area contributed by atoms with E-state index in [1.807, 2.05) is 6.07 Å². The highest BCUT2D eigenvalue weighted by molar-refractivity contribution is 5.91. The maximum absolute atomic E-state index is 13.0. The average molecular weight is 351 g/mol. The molecule has 138 valence electrons. The predicted octanol–water partition coefficient (Wildman–Crippen LogP) is 5.95. The highest BCUT2D eigenvalue weighted by Gasteiger charge is 2.40. The first-order valence-electron chi connectivity index (χ1n) is 9.38. The number of benzene rings is 2. The first kappa shape index (κ1) is 18.7. The number of hydrogen-bond acceptors (Lipinski definition) is 2. The van der Waals surface area contributed by atoms with Gasteiger partial charge < -0.3 is 4.74 Å². The lowest BCUT2D eigenvalue weighted by Gasteiger charge is -2.27. The molecule has 2 heteroatoms. The van der Waals surface area contributed by atoms with Crippen molar-refractivity contribution < 1.29 is 9.53 Å². The van der Waals surface area contributed by atoms with Crippen molar-refractivity contribution in [3.8, 4) is 5.75 Å². The van der Waals surface area contributed by atoms with Crippen LogP contribution in [0.25, 0.3) is 0 Å². The molecule has 0 saturated heterocycles. The first-order chi connectivity index (χ1) is 11.9. The van der Waals surface area contributed by atoms with Crippen molar-refractivity contribution in [2.24, 2.45) is 0 Å². The molecule has 0 aliphatic carbocycles. The molecule has 2 aromatic rings. The molecule has 0 radical (unpaired) electrons. The highest BCUT2D eigenvalue weighted by atomic mass is 16.5. The zero-order chi connectivity index (χ0) is 19.4. The standard InChI is InChI=1S/C24H30O2/c1-14-10-9-11-15(2)19(14)20-17-12-16(23(3,4)5)13-18(24(6,7)8)21(17)26-22(20)25/h9-13,20H,1-8H3. The van der Waals surface area contributed by atoms with Crippen LogP contribution in [-0.4, -0.2) is 5.97 Å². The van der Waals surface area contributed by atoms with E-state index >= 15 is 0 Å². The van der Waals surface area contributed by atoms with Crippen LogP contribution < -0.4 is 4.74 Å². The van der Waals surface area contributed by atoms with Crippen molar-refractivity contribution in [2.45, 2.75) is 72.1 Å². The summed E-state index contributed by atoms with van der Waals surface area (Å²) in [6, 6.07) is 10.6. The van der Waals surface area contributed by atoms with E-state index < -0.39 is 0 Å². The van der Waals surface area contributed by atoms with Crippen molar-refractivity contribution in [3.63, 3.8) is 0 Å². The lowest BCUT2D eigenvalue weighted by molar-refractivity contribution is -0.133. The molecule has 0 fully saturated rings. The molecule has 1 heterocycles. The van der Waals surface area contributed by atoms with Crippen LogP contribution >= 0.6 is 0 Å². The summed E-state index contributed by atoms with van der Waals surface area (Å²) in [5.41, 5.74) is 6.65. The first-order valence-corrected chi connectivity index (χ1v) is 9.38. The second kappa shape index (κ2) is 5.97. The fourth-order valence-corrected chi connectivity index (χ4v) is 3.81. The van der Waals surface area contributed by atoms with E-state index in [0.29, 0.717) is 0 Å². The maximum Gasteiger partial charge on any atom is 0.323 e. The fraction of sp³-hybridized carbons (Fsp3) is 0.458. The maximum atomic E-state index is 13.0. The molecule has 1 atom stereocenters. The third-order valence-corrected chi connectivity index (χ3v) is 5.37. The molecular formula is C24H30O2. The Bertz CT molecular complexity index is 856. The normalized spacial score (nSPS) is 17.2. The van der Waals surface area contributed by atoms with Crippen LogP contribution in [0.5, 0.6) is 5.75 Å². The number of fused-ring (bicyclic) bond motifs is 1. The van der Waals surface area contributed by atoms with E-state index in [1.54, 1.807) is 0 Å². The molecule has 0 spiro atoms. The summed E-state index contributed by atoms with van der Waals surface area (Å²) in [5.74, 6) is 0.270. The van der Waals surface area contributed by atoms with Crippen molar-refractivity contribution in [1.82, 2.24) is 0 Å². The predicted molar refractivity (Wildman–Crippen MR) is 107 cm³/mol. The van der Waals surface area contributed by atoms with Crippen LogP contribution in [-0.2, 0) is 15.6 Å². The average Bonchev–Trinajstić information content (AvgIpc) is 2.80. The van der Waals surface area contributed by atoms with E-state index in [9.17, 15) is 4.79 Å². The van der Waals surface area contributed by atoms with Crippen LogP contribution in [0.3, 0.4) is 0 Å². The largest absolute Gasteiger partial charge is 0.425 e. The zero-order valence-electron chi connectivity index (χ0n) is 17.3. The Hall–Kier alpha value is -2.09. The highest BCUT2D eigenvalue weighted by Crippen LogP contribution is 2.48. The Morgan fingerprint density at radius 2 is 1.46 bits per heavy atom. The second-order valence-corrected chi connectivity index (χ2v) is 9.60. The van der Waals surface area contributed by atoms with Crippen molar-refractivity contribution in [1.29, 1.82) is 0 Å². The SMILES string of the molecule is Cc1cccc(C)c1C1C(=O)Oc2c1cc(C(C)(C)C)cc2C(C)(C)C. The third-order valence-electron chi connectivity index (χ3n) is 5.37. The number of ether oxygens (including phenoxy) is 1. The van der Waals surface area contributed by atoms with Crippen LogP contribution in [0, 0.1) is 13.8 Å². The quantitative estimate of drug-likeness (QED) is 0.469. The lowest BCUT2D eigenvalue weighted by atomic mass is 9.76. The number of hydrogen-bond donors (Lipinski definition) is 0. The van der Waals surface area contributed by atoms with Gasteiger partial charge in [0.2, 0.25) is 0 Å². The summed E-state index contributed by atoms with van der Waals surface area (Å²) < 4.78 is 5.87. The van der Waals surface area contributed by atoms with Gasteiger partial charge in [0.25, 0.3) is 0 Å². The fourth-order valence-electron chi connectivity index (χ4n) is 3.81. The van der Waals surface area contributed by atoms with E-state index in [2.05, 4.69) is 79.7 Å². The Morgan fingerprint density at radius 3 is 1.96 bits per heavy atom. The molecule has 0 saturated carbocycles. The smallest absolute Gasteiger partial charge is 0.323 e. The minimum atomic E-state index is -0.338. The summed E-state index contributed by atoms with van der Waals surface area (Å²) in [6.07, 6.45) is 0. The van der Waals surface area contributed by atoms with Crippen molar-refractivity contribution >= 4 is 5.97 Å². The zero-order valence-corrected chi connectivity index (χ0v) is 17.3. The summed E-state index contributed by atoms with van der Waals surface area (Å²) in [7, 11) is 0. The van der Waals surface area contributed by atoms with Gasteiger partial charge in [0.1, 0.15) is 11.7 Å². The molecule has 1 aliphatic rings. The van der Waals surface area contributed by atoms with Gasteiger partial charge in [-0.2, -0.15) is 0 Å². The van der Waals surface area contributed by atoms with Gasteiger partial charge in [-0.1, -0.05) is 71.9 Å². The molecule has 26 heavy (non-hydrogen) atoms. The van der Waals surface area contributed by atoms with Crippen LogP contribution in [0.15, 0.2) is 30.3 Å². The molecule has 2 nitrogen and oxygen atoms in total. The van der Waals surface area contributed by atoms with Gasteiger partial charge in [-0.15, -0.1) is 0 Å². The van der Waals surface area contributed by atoms with Gasteiger partial charge >= 0.3 is 5.97 Å². The Morgan fingerprint density at radius 1 is 0.885 bits per heavy atom. The molecule has 3 rings (SSSR count). The van der Waals surface area contributed by atoms with Gasteiger partial charge in [-0.05, 0) is 46.9 Å². The minimum Gasteiger partial charge on any atom is -0.425 e. The third kappa shape index (κ3) is 3.06. The van der Waals surface area contributed by atoms with Crippen molar-refractivity contribution in [2.75, 3.05) is 0 Å². The summed E-state index contributed by atoms with van der Waals surface area (Å²) >= 11 is 0. The monoisotopic (exact) mass is 350 g/mol. The number of carbonyl (C=O) groups is 1. The van der Waals surface area contributed by atoms with Gasteiger partial charge in [0.05, 0.1) is 0 Å². The molecule has 1 unspecified atom stereocenters. The summed E-state index contributed by atoms with van der Waals surface area (Å²) in [5, 5.41) is 0. The van der Waals surface area contributed by atoms with Gasteiger partial charge in [0, 0.05) is 11.1 Å². The van der Waals surface area contributed by atoms with E-state index in [-0.39, 0.29) is 22.7 Å². The van der Waals surface area contributed by atoms with Crippen LogP contribution in [0.4, 0.5) is 0 Å². The lowest BCUT2D eigenvalue weighted by Crippen LogP contribution is -2.17. The molecule has 0 N–H and O–H groups in total. The van der Waals surface area contributed by atoms with Gasteiger partial charge in [-0.25, -0.2) is 0 Å². The molecule has 0 amide bonds. The van der Waals surface area contributed by atoms with E-state index in [0.717, 1.165) is 33.6 Å². The summed E-state index contributed by atoms with van der Waals surface area (Å²) in [4.78, 5) is 13.0. The number of rotatable bonds is 1. The van der Waals surface area contributed by atoms with Crippen molar-refractivity contribution in [3.05, 3.63) is 63.7 Å². The number of esters is 1. The Kier molecular flexibility index (Phi) is 4.29. The number of aryl methyl sites for hydroxylation is 2. The molecule has 2 aromatic carbocycles. The molecular weight excluding hydrogens is 320 g/mol. The van der Waals surface area contributed by atoms with Crippen LogP contribution in [0.2, 0.25) is 0 Å². The summed E-state index contributed by atoms with van der Waals surface area (Å²) in [6.45, 7) is 17.3. The van der Waals surface area contributed by atoms with Gasteiger partial charge in [-0.3, -0.25) is 4.79 Å². The topological polar surface area (TPSA) is 26.3 Å². The Labute approximate surface area is 157 Å². The van der Waals surface area contributed by atoms with Crippen LogP contribution in [0.1, 0.15) is 80.8 Å². The van der Waals surface area contributed by atoms with E-state index in [1.165, 1.54) is 5.56 Å². The molecule has 1 aliphatic heterocycles. The number of carbonyl (C=O) groups excluding carboxylic acids is 1. The minimum absolute atomic E-state index is 0.00595.